The molecule has 146 valence electrons. The van der Waals surface area contributed by atoms with Crippen LogP contribution in [0.15, 0.2) is 84.0 Å². The van der Waals surface area contributed by atoms with Crippen LogP contribution >= 0.6 is 11.6 Å². The zero-order chi connectivity index (χ0) is 20.6. The normalized spacial score (nSPS) is 11.0. The van der Waals surface area contributed by atoms with Gasteiger partial charge in [0.15, 0.2) is 0 Å². The Morgan fingerprint density at radius 2 is 1.55 bits per heavy atom. The molecule has 29 heavy (non-hydrogen) atoms. The smallest absolute Gasteiger partial charge is 0.259 e. The van der Waals surface area contributed by atoms with Gasteiger partial charge in [-0.2, -0.15) is 5.10 Å². The first-order valence-corrected chi connectivity index (χ1v) is 9.43. The fraction of sp³-hybridized carbons (Fsp3) is 0.0870. The molecule has 0 atom stereocenters. The van der Waals surface area contributed by atoms with Crippen LogP contribution in [0.5, 0.6) is 0 Å². The van der Waals surface area contributed by atoms with E-state index >= 15 is 0 Å². The second-order valence-corrected chi connectivity index (χ2v) is 6.81. The third kappa shape index (κ3) is 5.77. The maximum Gasteiger partial charge on any atom is 0.259 e. The fourth-order valence-electron chi connectivity index (χ4n) is 2.68. The van der Waals surface area contributed by atoms with Crippen molar-refractivity contribution in [2.75, 3.05) is 6.54 Å². The molecule has 5 nitrogen and oxygen atoms in total. The van der Waals surface area contributed by atoms with Crippen LogP contribution in [-0.4, -0.2) is 24.1 Å². The highest BCUT2D eigenvalue weighted by Crippen LogP contribution is 2.19. The molecule has 0 radical (unpaired) electrons. The van der Waals surface area contributed by atoms with E-state index in [0.29, 0.717) is 16.3 Å². The second-order valence-electron chi connectivity index (χ2n) is 6.37. The Labute approximate surface area is 174 Å². The summed E-state index contributed by atoms with van der Waals surface area (Å²) in [6.07, 6.45) is 0. The number of amides is 2. The van der Waals surface area contributed by atoms with Gasteiger partial charge in [-0.1, -0.05) is 72.3 Å². The highest BCUT2D eigenvalue weighted by Gasteiger charge is 2.08. The molecular weight excluding hydrogens is 386 g/mol. The average molecular weight is 406 g/mol. The van der Waals surface area contributed by atoms with Gasteiger partial charge in [0.1, 0.15) is 0 Å². The van der Waals surface area contributed by atoms with Crippen molar-refractivity contribution in [2.24, 2.45) is 5.10 Å². The van der Waals surface area contributed by atoms with Crippen LogP contribution in [0.2, 0.25) is 5.02 Å². The minimum atomic E-state index is -0.416. The van der Waals surface area contributed by atoms with Gasteiger partial charge in [-0.3, -0.25) is 9.59 Å². The van der Waals surface area contributed by atoms with Crippen LogP contribution in [0.25, 0.3) is 11.1 Å². The molecule has 0 unspecified atom stereocenters. The summed E-state index contributed by atoms with van der Waals surface area (Å²) in [5, 5.41) is 7.10. The minimum absolute atomic E-state index is 0.185. The molecule has 3 rings (SSSR count). The maximum atomic E-state index is 12.0. The predicted molar refractivity (Wildman–Crippen MR) is 116 cm³/mol. The molecule has 0 fully saturated rings. The van der Waals surface area contributed by atoms with E-state index in [-0.39, 0.29) is 12.5 Å². The zero-order valence-corrected chi connectivity index (χ0v) is 16.6. The van der Waals surface area contributed by atoms with Crippen LogP contribution in [-0.2, 0) is 4.79 Å². The number of halogens is 1. The van der Waals surface area contributed by atoms with Crippen molar-refractivity contribution < 1.29 is 9.59 Å². The van der Waals surface area contributed by atoms with E-state index in [4.69, 9.17) is 11.6 Å². The first kappa shape index (κ1) is 20.3. The number of carbonyl (C=O) groups is 2. The highest BCUT2D eigenvalue weighted by atomic mass is 35.5. The molecule has 0 aliphatic rings. The van der Waals surface area contributed by atoms with E-state index in [2.05, 4.69) is 15.8 Å². The van der Waals surface area contributed by atoms with E-state index in [0.717, 1.165) is 16.7 Å². The number of nitrogens with one attached hydrogen (secondary N) is 2. The molecule has 0 aliphatic heterocycles. The quantitative estimate of drug-likeness (QED) is 0.474. The van der Waals surface area contributed by atoms with Crippen LogP contribution in [0.3, 0.4) is 0 Å². The summed E-state index contributed by atoms with van der Waals surface area (Å²) in [4.78, 5) is 24.0. The Balaban J connectivity index is 1.53. The van der Waals surface area contributed by atoms with Crippen molar-refractivity contribution >= 4 is 29.1 Å². The summed E-state index contributed by atoms with van der Waals surface area (Å²) in [5.41, 5.74) is 6.65. The van der Waals surface area contributed by atoms with E-state index < -0.39 is 5.91 Å². The summed E-state index contributed by atoms with van der Waals surface area (Å²) >= 11 is 5.86. The Morgan fingerprint density at radius 3 is 2.24 bits per heavy atom. The van der Waals surface area contributed by atoms with Crippen molar-refractivity contribution in [1.29, 1.82) is 0 Å². The third-order valence-corrected chi connectivity index (χ3v) is 4.49. The van der Waals surface area contributed by atoms with Crippen molar-refractivity contribution in [3.8, 4) is 11.1 Å². The van der Waals surface area contributed by atoms with Crippen molar-refractivity contribution in [1.82, 2.24) is 10.7 Å². The summed E-state index contributed by atoms with van der Waals surface area (Å²) in [7, 11) is 0. The maximum absolute atomic E-state index is 12.0. The number of benzene rings is 3. The van der Waals surface area contributed by atoms with E-state index in [1.54, 1.807) is 18.2 Å². The van der Waals surface area contributed by atoms with Gasteiger partial charge >= 0.3 is 0 Å². The van der Waals surface area contributed by atoms with Crippen molar-refractivity contribution in [3.63, 3.8) is 0 Å². The lowest BCUT2D eigenvalue weighted by molar-refractivity contribution is -0.120. The highest BCUT2D eigenvalue weighted by molar-refractivity contribution is 6.31. The monoisotopic (exact) mass is 405 g/mol. The van der Waals surface area contributed by atoms with Crippen LogP contribution < -0.4 is 10.7 Å². The second kappa shape index (κ2) is 9.66. The molecule has 0 aliphatic carbocycles. The van der Waals surface area contributed by atoms with Crippen molar-refractivity contribution in [2.45, 2.75) is 6.92 Å². The first-order valence-electron chi connectivity index (χ1n) is 9.05. The largest absolute Gasteiger partial charge is 0.343 e. The van der Waals surface area contributed by atoms with Gasteiger partial charge in [0.2, 0.25) is 0 Å². The van der Waals surface area contributed by atoms with Crippen LogP contribution in [0, 0.1) is 0 Å². The van der Waals surface area contributed by atoms with Gasteiger partial charge in [-0.25, -0.2) is 5.43 Å². The minimum Gasteiger partial charge on any atom is -0.343 e. The summed E-state index contributed by atoms with van der Waals surface area (Å²) < 4.78 is 0. The molecule has 2 N–H and O–H groups in total. The molecule has 2 amide bonds. The number of nitrogens with zero attached hydrogens (tertiary/aromatic N) is 1. The molecular formula is C23H20ClN3O2. The van der Waals surface area contributed by atoms with Crippen LogP contribution in [0.4, 0.5) is 0 Å². The number of carbonyl (C=O) groups excluding carboxylic acids is 2. The molecule has 0 spiro atoms. The summed E-state index contributed by atoms with van der Waals surface area (Å²) in [6.45, 7) is 1.62. The van der Waals surface area contributed by atoms with Gasteiger partial charge in [0.25, 0.3) is 11.8 Å². The Kier molecular flexibility index (Phi) is 6.76. The lowest BCUT2D eigenvalue weighted by Gasteiger charge is -2.06. The molecule has 0 heterocycles. The van der Waals surface area contributed by atoms with Gasteiger partial charge in [0, 0.05) is 10.6 Å². The zero-order valence-electron chi connectivity index (χ0n) is 15.9. The number of hydrogen-bond acceptors (Lipinski definition) is 3. The van der Waals surface area contributed by atoms with Gasteiger partial charge < -0.3 is 5.32 Å². The Bertz CT molecular complexity index is 1030. The number of hydrogen-bond donors (Lipinski definition) is 2. The molecule has 3 aromatic carbocycles. The fourth-order valence-corrected chi connectivity index (χ4v) is 2.87. The molecule has 0 saturated carbocycles. The standard InChI is InChI=1S/C23H20ClN3O2/c1-16(17-10-12-19(13-11-17)18-6-3-2-4-7-18)26-27-22(28)15-25-23(29)20-8-5-9-21(24)14-20/h2-14H,15H2,1H3,(H,25,29)(H,27,28)/b26-16-. The Morgan fingerprint density at radius 1 is 0.862 bits per heavy atom. The average Bonchev–Trinajstić information content (AvgIpc) is 2.76. The molecule has 0 bridgehead atoms. The van der Waals surface area contributed by atoms with Crippen LogP contribution in [0.1, 0.15) is 22.8 Å². The van der Waals surface area contributed by atoms with Gasteiger partial charge in [0.05, 0.1) is 12.3 Å². The van der Waals surface area contributed by atoms with Crippen molar-refractivity contribution in [3.05, 3.63) is 95.0 Å². The molecule has 6 heteroatoms. The predicted octanol–water partition coefficient (Wildman–Crippen LogP) is 4.28. The topological polar surface area (TPSA) is 70.6 Å². The lowest BCUT2D eigenvalue weighted by Crippen LogP contribution is -2.35. The SMILES string of the molecule is C/C(=N/NC(=O)CNC(=O)c1cccc(Cl)c1)c1ccc(-c2ccccc2)cc1. The molecule has 0 aromatic heterocycles. The van der Waals surface area contributed by atoms with E-state index in [1.165, 1.54) is 6.07 Å². The summed E-state index contributed by atoms with van der Waals surface area (Å²) in [5.74, 6) is -0.791. The van der Waals surface area contributed by atoms with E-state index in [1.807, 2.05) is 61.5 Å². The lowest BCUT2D eigenvalue weighted by atomic mass is 10.0. The molecule has 3 aromatic rings. The Hall–Kier alpha value is -3.44. The molecule has 0 saturated heterocycles. The number of rotatable bonds is 6. The third-order valence-electron chi connectivity index (χ3n) is 4.25. The summed E-state index contributed by atoms with van der Waals surface area (Å²) in [6, 6.07) is 24.5. The number of hydrazone groups is 1. The van der Waals surface area contributed by atoms with Gasteiger partial charge in [-0.05, 0) is 41.8 Å². The van der Waals surface area contributed by atoms with E-state index in [9.17, 15) is 9.59 Å². The van der Waals surface area contributed by atoms with Gasteiger partial charge in [-0.15, -0.1) is 0 Å². The first-order chi connectivity index (χ1) is 14.0.